The van der Waals surface area contributed by atoms with Crippen molar-refractivity contribution in [1.82, 2.24) is 20.0 Å². The number of aliphatic hydroxyl groups excluding tert-OH is 1. The summed E-state index contributed by atoms with van der Waals surface area (Å²) in [5.74, 6) is 0.705. The van der Waals surface area contributed by atoms with Gasteiger partial charge >= 0.3 is 6.03 Å². The van der Waals surface area contributed by atoms with E-state index in [-0.39, 0.29) is 19.2 Å². The van der Waals surface area contributed by atoms with Crippen LogP contribution in [-0.4, -0.2) is 52.1 Å². The fourth-order valence-electron chi connectivity index (χ4n) is 2.97. The number of nitrogens with zero attached hydrogens (tertiary/aromatic N) is 3. The lowest BCUT2D eigenvalue weighted by atomic mass is 10.2. The summed E-state index contributed by atoms with van der Waals surface area (Å²) in [5, 5.41) is 17.2. The number of likely N-dealkylation sites (N-methyl/N-ethyl adjacent to an activating group) is 1. The first-order valence-electron chi connectivity index (χ1n) is 10.0. The Balaban J connectivity index is 1.40. The third-order valence-electron chi connectivity index (χ3n) is 4.75. The van der Waals surface area contributed by atoms with Crippen LogP contribution in [-0.2, 0) is 13.0 Å². The third kappa shape index (κ3) is 6.09. The Morgan fingerprint density at radius 3 is 2.50 bits per heavy atom. The van der Waals surface area contributed by atoms with E-state index in [2.05, 4.69) is 17.3 Å². The lowest BCUT2D eigenvalue weighted by Gasteiger charge is -2.21. The number of urea groups is 1. The average molecular weight is 409 g/mol. The number of rotatable bonds is 9. The van der Waals surface area contributed by atoms with E-state index in [1.807, 2.05) is 60.8 Å². The molecule has 3 rings (SSSR count). The highest BCUT2D eigenvalue weighted by Crippen LogP contribution is 2.13. The van der Waals surface area contributed by atoms with E-state index in [9.17, 15) is 9.90 Å². The number of amides is 2. The zero-order valence-electron chi connectivity index (χ0n) is 17.4. The highest BCUT2D eigenvalue weighted by atomic mass is 16.5. The number of aryl methyl sites for hydroxylation is 1. The summed E-state index contributed by atoms with van der Waals surface area (Å²) in [7, 11) is 1.65. The second-order valence-electron chi connectivity index (χ2n) is 7.12. The number of aliphatic hydroxyl groups is 1. The summed E-state index contributed by atoms with van der Waals surface area (Å²) < 4.78 is 7.38. The van der Waals surface area contributed by atoms with Crippen molar-refractivity contribution in [2.45, 2.75) is 26.0 Å². The minimum atomic E-state index is -0.778. The Hall–Kier alpha value is -3.32. The van der Waals surface area contributed by atoms with Gasteiger partial charge in [0.1, 0.15) is 18.5 Å². The zero-order valence-corrected chi connectivity index (χ0v) is 17.4. The van der Waals surface area contributed by atoms with Crippen LogP contribution < -0.4 is 10.1 Å². The van der Waals surface area contributed by atoms with E-state index in [1.54, 1.807) is 17.9 Å². The molecule has 0 radical (unpaired) electrons. The van der Waals surface area contributed by atoms with Crippen LogP contribution in [0.5, 0.6) is 5.75 Å². The van der Waals surface area contributed by atoms with Gasteiger partial charge in [-0.1, -0.05) is 31.2 Å². The standard InChI is InChI=1S/C23H28N4O3/c1-3-18-7-11-22(12-8-18)30-17-21(28)16-26(2)23(29)24-15-19-5-9-20(10-6-19)27-14-4-13-25-27/h4-14,21,28H,3,15-17H2,1-2H3,(H,24,29). The van der Waals surface area contributed by atoms with Crippen molar-refractivity contribution in [3.05, 3.63) is 78.1 Å². The lowest BCUT2D eigenvalue weighted by molar-refractivity contribution is 0.0830. The number of nitrogens with one attached hydrogen (secondary N) is 1. The van der Waals surface area contributed by atoms with E-state index in [4.69, 9.17) is 4.74 Å². The molecule has 0 spiro atoms. The van der Waals surface area contributed by atoms with E-state index in [0.29, 0.717) is 12.3 Å². The number of hydrogen-bond acceptors (Lipinski definition) is 4. The molecule has 0 saturated carbocycles. The third-order valence-corrected chi connectivity index (χ3v) is 4.75. The average Bonchev–Trinajstić information content (AvgIpc) is 3.31. The number of benzene rings is 2. The highest BCUT2D eigenvalue weighted by molar-refractivity contribution is 5.73. The second-order valence-corrected chi connectivity index (χ2v) is 7.12. The fraction of sp³-hybridized carbons (Fsp3) is 0.304. The molecule has 0 bridgehead atoms. The molecule has 3 aromatic rings. The van der Waals surface area contributed by atoms with Crippen molar-refractivity contribution in [3.8, 4) is 11.4 Å². The van der Waals surface area contributed by atoms with Gasteiger partial charge in [-0.25, -0.2) is 9.48 Å². The molecule has 0 saturated heterocycles. The summed E-state index contributed by atoms with van der Waals surface area (Å²) in [5.41, 5.74) is 3.17. The van der Waals surface area contributed by atoms with Gasteiger partial charge in [0.05, 0.1) is 12.2 Å². The van der Waals surface area contributed by atoms with Crippen molar-refractivity contribution in [2.75, 3.05) is 20.2 Å². The summed E-state index contributed by atoms with van der Waals surface area (Å²) >= 11 is 0. The molecule has 1 atom stereocenters. The van der Waals surface area contributed by atoms with E-state index >= 15 is 0 Å². The van der Waals surface area contributed by atoms with Crippen LogP contribution in [0.3, 0.4) is 0 Å². The molecule has 2 aromatic carbocycles. The molecule has 7 nitrogen and oxygen atoms in total. The Morgan fingerprint density at radius 1 is 1.17 bits per heavy atom. The van der Waals surface area contributed by atoms with Gasteiger partial charge in [-0.2, -0.15) is 5.10 Å². The van der Waals surface area contributed by atoms with Crippen LogP contribution in [0.4, 0.5) is 4.79 Å². The van der Waals surface area contributed by atoms with Crippen LogP contribution in [0, 0.1) is 0 Å². The number of aromatic nitrogens is 2. The Labute approximate surface area is 176 Å². The van der Waals surface area contributed by atoms with Crippen molar-refractivity contribution >= 4 is 6.03 Å². The van der Waals surface area contributed by atoms with Gasteiger partial charge in [0, 0.05) is 26.0 Å². The van der Waals surface area contributed by atoms with Crippen LogP contribution in [0.15, 0.2) is 67.0 Å². The minimum Gasteiger partial charge on any atom is -0.491 e. The van der Waals surface area contributed by atoms with E-state index in [1.165, 1.54) is 10.5 Å². The van der Waals surface area contributed by atoms with Crippen LogP contribution >= 0.6 is 0 Å². The van der Waals surface area contributed by atoms with Crippen LogP contribution in [0.2, 0.25) is 0 Å². The first kappa shape index (κ1) is 21.4. The van der Waals surface area contributed by atoms with Gasteiger partial charge in [-0.15, -0.1) is 0 Å². The van der Waals surface area contributed by atoms with Crippen molar-refractivity contribution in [2.24, 2.45) is 0 Å². The van der Waals surface area contributed by atoms with Gasteiger partial charge in [0.15, 0.2) is 0 Å². The minimum absolute atomic E-state index is 0.123. The number of carbonyl (C=O) groups is 1. The number of ether oxygens (including phenoxy) is 1. The molecule has 1 heterocycles. The maximum atomic E-state index is 12.3. The Kier molecular flexibility index (Phi) is 7.45. The highest BCUT2D eigenvalue weighted by Gasteiger charge is 2.14. The summed E-state index contributed by atoms with van der Waals surface area (Å²) in [6, 6.07) is 17.2. The molecular formula is C23H28N4O3. The Bertz CT molecular complexity index is 909. The predicted molar refractivity (Wildman–Crippen MR) is 116 cm³/mol. The van der Waals surface area contributed by atoms with Gasteiger partial charge in [-0.05, 0) is 47.9 Å². The zero-order chi connectivity index (χ0) is 21.3. The maximum Gasteiger partial charge on any atom is 0.317 e. The topological polar surface area (TPSA) is 79.6 Å². The second kappa shape index (κ2) is 10.5. The maximum absolute atomic E-state index is 12.3. The van der Waals surface area contributed by atoms with Gasteiger partial charge in [-0.3, -0.25) is 0 Å². The number of hydrogen-bond donors (Lipinski definition) is 2. The van der Waals surface area contributed by atoms with Gasteiger partial charge in [0.25, 0.3) is 0 Å². The van der Waals surface area contributed by atoms with E-state index in [0.717, 1.165) is 17.7 Å². The monoisotopic (exact) mass is 408 g/mol. The van der Waals surface area contributed by atoms with E-state index < -0.39 is 6.10 Å². The molecule has 0 aliphatic rings. The van der Waals surface area contributed by atoms with Gasteiger partial charge < -0.3 is 20.1 Å². The van der Waals surface area contributed by atoms with Gasteiger partial charge in [0.2, 0.25) is 0 Å². The predicted octanol–water partition coefficient (Wildman–Crippen LogP) is 3.02. The molecule has 2 N–H and O–H groups in total. The van der Waals surface area contributed by atoms with Crippen LogP contribution in [0.1, 0.15) is 18.1 Å². The summed E-state index contributed by atoms with van der Waals surface area (Å²) in [4.78, 5) is 13.7. The first-order chi connectivity index (χ1) is 14.5. The smallest absolute Gasteiger partial charge is 0.317 e. The fourth-order valence-corrected chi connectivity index (χ4v) is 2.97. The molecule has 1 aromatic heterocycles. The first-order valence-corrected chi connectivity index (χ1v) is 10.0. The quantitative estimate of drug-likeness (QED) is 0.570. The Morgan fingerprint density at radius 2 is 1.87 bits per heavy atom. The van der Waals surface area contributed by atoms with Crippen LogP contribution in [0.25, 0.3) is 5.69 Å². The van der Waals surface area contributed by atoms with Crippen molar-refractivity contribution in [3.63, 3.8) is 0 Å². The molecule has 158 valence electrons. The number of carbonyl (C=O) groups excluding carboxylic acids is 1. The molecule has 0 fully saturated rings. The lowest BCUT2D eigenvalue weighted by Crippen LogP contribution is -2.42. The molecule has 0 aliphatic heterocycles. The molecule has 2 amide bonds. The van der Waals surface area contributed by atoms with Crippen molar-refractivity contribution in [1.29, 1.82) is 0 Å². The van der Waals surface area contributed by atoms with Crippen molar-refractivity contribution < 1.29 is 14.6 Å². The summed E-state index contributed by atoms with van der Waals surface area (Å²) in [6.07, 6.45) is 3.80. The molecule has 0 aliphatic carbocycles. The SMILES string of the molecule is CCc1ccc(OCC(O)CN(C)C(=O)NCc2ccc(-n3cccn3)cc2)cc1. The molecule has 1 unspecified atom stereocenters. The molecular weight excluding hydrogens is 380 g/mol. The largest absolute Gasteiger partial charge is 0.491 e. The molecule has 7 heteroatoms. The summed E-state index contributed by atoms with van der Waals surface area (Å²) in [6.45, 7) is 2.80. The normalized spacial score (nSPS) is 11.7. The molecule has 30 heavy (non-hydrogen) atoms.